The summed E-state index contributed by atoms with van der Waals surface area (Å²) in [5.74, 6) is 0.470. The van der Waals surface area contributed by atoms with Crippen LogP contribution in [0.1, 0.15) is 0 Å². The summed E-state index contributed by atoms with van der Waals surface area (Å²) in [6.07, 6.45) is 0. The fourth-order valence-electron chi connectivity index (χ4n) is 7.11. The summed E-state index contributed by atoms with van der Waals surface area (Å²) in [7, 11) is 0. The van der Waals surface area contributed by atoms with Gasteiger partial charge in [-0.05, 0) is 60.7 Å². The van der Waals surface area contributed by atoms with E-state index in [-0.39, 0.29) is 0 Å². The van der Waals surface area contributed by atoms with Gasteiger partial charge in [-0.3, -0.25) is 4.57 Å². The molecule has 216 valence electrons. The molecule has 0 amide bonds. The van der Waals surface area contributed by atoms with E-state index in [1.165, 1.54) is 27.2 Å². The highest BCUT2D eigenvalue weighted by molar-refractivity contribution is 6.22. The molecule has 6 heteroatoms. The lowest BCUT2D eigenvalue weighted by atomic mass is 10.1. The summed E-state index contributed by atoms with van der Waals surface area (Å²) >= 11 is 0. The molecule has 0 saturated carbocycles. The van der Waals surface area contributed by atoms with Gasteiger partial charge >= 0.3 is 6.01 Å². The van der Waals surface area contributed by atoms with Crippen LogP contribution in [0.5, 0.6) is 0 Å². The molecule has 0 N–H and O–H groups in total. The molecule has 0 spiro atoms. The third-order valence-corrected chi connectivity index (χ3v) is 9.05. The second-order valence-electron chi connectivity index (χ2n) is 11.5. The Morgan fingerprint density at radius 1 is 0.391 bits per heavy atom. The van der Waals surface area contributed by atoms with E-state index in [9.17, 15) is 0 Å². The van der Waals surface area contributed by atoms with Crippen LogP contribution in [0.3, 0.4) is 0 Å². The Labute approximate surface area is 263 Å². The van der Waals surface area contributed by atoms with Gasteiger partial charge in [0.05, 0.1) is 22.1 Å². The second kappa shape index (κ2) is 9.55. The van der Waals surface area contributed by atoms with E-state index in [2.05, 4.69) is 169 Å². The molecule has 46 heavy (non-hydrogen) atoms. The minimum absolute atomic E-state index is 0.424. The van der Waals surface area contributed by atoms with E-state index in [1.54, 1.807) is 0 Å². The normalized spacial score (nSPS) is 11.9. The quantitative estimate of drug-likeness (QED) is 0.205. The monoisotopic (exact) mass is 591 g/mol. The van der Waals surface area contributed by atoms with E-state index in [1.807, 2.05) is 6.07 Å². The molecule has 4 aromatic heterocycles. The van der Waals surface area contributed by atoms with Crippen molar-refractivity contribution in [3.63, 3.8) is 0 Å². The van der Waals surface area contributed by atoms with Crippen LogP contribution >= 0.6 is 0 Å². The van der Waals surface area contributed by atoms with E-state index < -0.39 is 0 Å². The van der Waals surface area contributed by atoms with E-state index in [4.69, 9.17) is 4.42 Å². The average molecular weight is 592 g/mol. The summed E-state index contributed by atoms with van der Waals surface area (Å²) in [5.41, 5.74) is 8.48. The lowest BCUT2D eigenvalue weighted by molar-refractivity contribution is 0.545. The zero-order valence-corrected chi connectivity index (χ0v) is 24.6. The van der Waals surface area contributed by atoms with Crippen molar-refractivity contribution in [2.24, 2.45) is 0 Å². The zero-order valence-electron chi connectivity index (χ0n) is 24.6. The standard InChI is InChI=1S/C40H25N5O/c1-2-12-27(13-3-1)44-35-20-10-6-16-31(35)37-32-17-7-11-21-36(32)45(39(37)44)40-42-41-38(46-40)26-22-24-28(25-23-26)43-33-18-8-4-14-29(33)30-15-5-9-19-34(30)43/h1-25H. The Morgan fingerprint density at radius 2 is 0.870 bits per heavy atom. The van der Waals surface area contributed by atoms with Gasteiger partial charge in [-0.2, -0.15) is 0 Å². The first-order valence-electron chi connectivity index (χ1n) is 15.4. The topological polar surface area (TPSA) is 53.7 Å². The summed E-state index contributed by atoms with van der Waals surface area (Å²) < 4.78 is 13.2. The Bertz CT molecular complexity index is 2690. The summed E-state index contributed by atoms with van der Waals surface area (Å²) in [5, 5.41) is 15.1. The number of hydrogen-bond acceptors (Lipinski definition) is 3. The van der Waals surface area contributed by atoms with Crippen molar-refractivity contribution in [2.75, 3.05) is 0 Å². The number of hydrogen-bond donors (Lipinski definition) is 0. The smallest absolute Gasteiger partial charge is 0.329 e. The second-order valence-corrected chi connectivity index (χ2v) is 11.5. The molecule has 0 aliphatic carbocycles. The third kappa shape index (κ3) is 3.46. The lowest BCUT2D eigenvalue weighted by Gasteiger charge is -2.10. The van der Waals surface area contributed by atoms with Gasteiger partial charge < -0.3 is 8.98 Å². The van der Waals surface area contributed by atoms with Crippen molar-refractivity contribution in [1.29, 1.82) is 0 Å². The first-order valence-corrected chi connectivity index (χ1v) is 15.4. The Kier molecular flexibility index (Phi) is 5.19. The maximum absolute atomic E-state index is 6.51. The fourth-order valence-corrected chi connectivity index (χ4v) is 7.11. The van der Waals surface area contributed by atoms with Crippen LogP contribution in [0, 0.1) is 0 Å². The number of para-hydroxylation sites is 5. The molecule has 10 aromatic rings. The van der Waals surface area contributed by atoms with Gasteiger partial charge in [-0.15, -0.1) is 5.10 Å². The molecule has 0 bridgehead atoms. The van der Waals surface area contributed by atoms with Gasteiger partial charge in [-0.1, -0.05) is 96.1 Å². The van der Waals surface area contributed by atoms with Crippen LogP contribution < -0.4 is 0 Å². The molecule has 0 saturated heterocycles. The molecular weight excluding hydrogens is 566 g/mol. The van der Waals surface area contributed by atoms with Crippen LogP contribution in [0.2, 0.25) is 0 Å². The summed E-state index contributed by atoms with van der Waals surface area (Å²) in [6.45, 7) is 0. The van der Waals surface area contributed by atoms with Gasteiger partial charge in [0.2, 0.25) is 5.89 Å². The minimum atomic E-state index is 0.424. The molecule has 6 aromatic carbocycles. The predicted octanol–water partition coefficient (Wildman–Crippen LogP) is 9.87. The number of benzene rings is 6. The largest absolute Gasteiger partial charge is 0.403 e. The van der Waals surface area contributed by atoms with Crippen LogP contribution in [0.4, 0.5) is 0 Å². The zero-order chi connectivity index (χ0) is 30.2. The van der Waals surface area contributed by atoms with Crippen molar-refractivity contribution in [1.82, 2.24) is 23.9 Å². The van der Waals surface area contributed by atoms with Crippen molar-refractivity contribution >= 4 is 54.6 Å². The minimum Gasteiger partial charge on any atom is -0.403 e. The molecule has 0 fully saturated rings. The van der Waals surface area contributed by atoms with Crippen molar-refractivity contribution in [2.45, 2.75) is 0 Å². The molecule has 0 aliphatic heterocycles. The number of aromatic nitrogens is 5. The van der Waals surface area contributed by atoms with Gasteiger partial charge in [-0.25, -0.2) is 4.57 Å². The molecule has 0 atom stereocenters. The highest BCUT2D eigenvalue weighted by Crippen LogP contribution is 2.41. The van der Waals surface area contributed by atoms with Crippen LogP contribution in [0.15, 0.2) is 156 Å². The predicted molar refractivity (Wildman–Crippen MR) is 185 cm³/mol. The molecule has 6 nitrogen and oxygen atoms in total. The van der Waals surface area contributed by atoms with E-state index in [0.717, 1.165) is 44.4 Å². The molecule has 0 unspecified atom stereocenters. The highest BCUT2D eigenvalue weighted by Gasteiger charge is 2.24. The van der Waals surface area contributed by atoms with Crippen molar-refractivity contribution in [3.8, 4) is 28.8 Å². The van der Waals surface area contributed by atoms with Crippen LogP contribution in [-0.4, -0.2) is 23.9 Å². The first-order chi connectivity index (χ1) is 22.8. The molecular formula is C40H25N5O. The van der Waals surface area contributed by atoms with Crippen LogP contribution in [0.25, 0.3) is 83.5 Å². The average Bonchev–Trinajstić information content (AvgIpc) is 3.88. The lowest BCUT2D eigenvalue weighted by Crippen LogP contribution is -2.01. The van der Waals surface area contributed by atoms with Crippen molar-refractivity contribution < 1.29 is 4.42 Å². The number of fused-ring (bicyclic) bond motifs is 8. The third-order valence-electron chi connectivity index (χ3n) is 9.05. The van der Waals surface area contributed by atoms with Crippen molar-refractivity contribution in [3.05, 3.63) is 152 Å². The van der Waals surface area contributed by atoms with Gasteiger partial charge in [0.25, 0.3) is 0 Å². The molecule has 0 aliphatic rings. The number of rotatable bonds is 4. The van der Waals surface area contributed by atoms with Gasteiger partial charge in [0.1, 0.15) is 5.65 Å². The number of nitrogens with zero attached hydrogens (tertiary/aromatic N) is 5. The fraction of sp³-hybridized carbons (Fsp3) is 0. The maximum Gasteiger partial charge on any atom is 0.329 e. The summed E-state index contributed by atoms with van der Waals surface area (Å²) in [4.78, 5) is 0. The van der Waals surface area contributed by atoms with Gasteiger partial charge in [0.15, 0.2) is 0 Å². The van der Waals surface area contributed by atoms with Gasteiger partial charge in [0, 0.05) is 43.9 Å². The summed E-state index contributed by atoms with van der Waals surface area (Å²) in [6, 6.07) is 53.2. The molecule has 10 rings (SSSR count). The SMILES string of the molecule is c1ccc(-n2c3ccccc3c3c4ccccc4n(-c4nnc(-c5ccc(-n6c7ccccc7c7ccccc76)cc5)o4)c32)cc1. The van der Waals surface area contributed by atoms with E-state index >= 15 is 0 Å². The Balaban J connectivity index is 1.14. The Morgan fingerprint density at radius 3 is 1.48 bits per heavy atom. The van der Waals surface area contributed by atoms with Crippen LogP contribution in [-0.2, 0) is 0 Å². The highest BCUT2D eigenvalue weighted by atomic mass is 16.4. The first kappa shape index (κ1) is 25.0. The Hall–Kier alpha value is -6.40. The maximum atomic E-state index is 6.51. The molecule has 4 heterocycles. The molecule has 0 radical (unpaired) electrons. The van der Waals surface area contributed by atoms with E-state index in [0.29, 0.717) is 11.9 Å².